The van der Waals surface area contributed by atoms with Crippen molar-refractivity contribution in [1.82, 2.24) is 0 Å². The molecular formula is C48H87NO10P+. The first-order valence-electron chi connectivity index (χ1n) is 23.2. The number of phosphoric acid groups is 1. The molecule has 348 valence electrons. The summed E-state index contributed by atoms with van der Waals surface area (Å²) in [6.07, 6.45) is 40.4. The number of esters is 2. The van der Waals surface area contributed by atoms with Crippen LogP contribution in [0.3, 0.4) is 0 Å². The summed E-state index contributed by atoms with van der Waals surface area (Å²) in [5, 5.41) is 20.4. The zero-order valence-corrected chi connectivity index (χ0v) is 39.3. The molecule has 0 saturated carbocycles. The fourth-order valence-corrected chi connectivity index (χ4v) is 6.71. The first kappa shape index (κ1) is 57.6. The number of nitrogens with zero attached hydrogens (tertiary/aromatic N) is 1. The lowest BCUT2D eigenvalue weighted by Gasteiger charge is -2.24. The zero-order chi connectivity index (χ0) is 44.6. The molecule has 0 aliphatic rings. The summed E-state index contributed by atoms with van der Waals surface area (Å²) in [4.78, 5) is 35.4. The van der Waals surface area contributed by atoms with Crippen molar-refractivity contribution in [3.63, 3.8) is 0 Å². The van der Waals surface area contributed by atoms with Crippen LogP contribution in [0, 0.1) is 0 Å². The number of carbonyl (C=O) groups excluding carboxylic acids is 2. The van der Waals surface area contributed by atoms with Crippen LogP contribution in [0.5, 0.6) is 0 Å². The average Bonchev–Trinajstić information content (AvgIpc) is 3.19. The highest BCUT2D eigenvalue weighted by Crippen LogP contribution is 2.43. The number of ether oxygens (including phenoxy) is 2. The van der Waals surface area contributed by atoms with E-state index in [0.717, 1.165) is 32.1 Å². The van der Waals surface area contributed by atoms with E-state index >= 15 is 0 Å². The van der Waals surface area contributed by atoms with E-state index in [9.17, 15) is 29.3 Å². The third-order valence-corrected chi connectivity index (χ3v) is 10.7. The van der Waals surface area contributed by atoms with Gasteiger partial charge in [-0.25, -0.2) is 4.57 Å². The molecule has 0 aromatic rings. The lowest BCUT2D eigenvalue weighted by Crippen LogP contribution is -2.37. The first-order valence-corrected chi connectivity index (χ1v) is 24.7. The van der Waals surface area contributed by atoms with Gasteiger partial charge in [0.05, 0.1) is 40.0 Å². The van der Waals surface area contributed by atoms with Gasteiger partial charge in [0, 0.05) is 12.8 Å². The lowest BCUT2D eigenvalue weighted by molar-refractivity contribution is -0.870. The Hall–Kier alpha value is -2.37. The first-order chi connectivity index (χ1) is 28.8. The Labute approximate surface area is 365 Å². The van der Waals surface area contributed by atoms with Gasteiger partial charge in [-0.1, -0.05) is 152 Å². The van der Waals surface area contributed by atoms with Crippen LogP contribution in [0.4, 0.5) is 0 Å². The highest BCUT2D eigenvalue weighted by molar-refractivity contribution is 7.47. The van der Waals surface area contributed by atoms with E-state index in [-0.39, 0.29) is 26.1 Å². The van der Waals surface area contributed by atoms with Crippen molar-refractivity contribution in [3.05, 3.63) is 60.8 Å². The van der Waals surface area contributed by atoms with Crippen LogP contribution in [0.15, 0.2) is 60.8 Å². The van der Waals surface area contributed by atoms with Gasteiger partial charge in [-0.15, -0.1) is 0 Å². The van der Waals surface area contributed by atoms with Crippen LogP contribution in [0.2, 0.25) is 0 Å². The molecule has 0 heterocycles. The summed E-state index contributed by atoms with van der Waals surface area (Å²) in [6, 6.07) is 0. The van der Waals surface area contributed by atoms with E-state index in [4.69, 9.17) is 18.5 Å². The highest BCUT2D eigenvalue weighted by atomic mass is 31.2. The summed E-state index contributed by atoms with van der Waals surface area (Å²) in [7, 11) is 1.31. The maximum atomic E-state index is 12.7. The zero-order valence-electron chi connectivity index (χ0n) is 38.4. The molecule has 0 aliphatic carbocycles. The van der Waals surface area contributed by atoms with Gasteiger partial charge in [-0.3, -0.25) is 18.6 Å². The quantitative estimate of drug-likeness (QED) is 0.0135. The van der Waals surface area contributed by atoms with Crippen molar-refractivity contribution in [2.24, 2.45) is 0 Å². The van der Waals surface area contributed by atoms with E-state index in [2.05, 4.69) is 32.1 Å². The number of hydrogen-bond acceptors (Lipinski definition) is 9. The van der Waals surface area contributed by atoms with Gasteiger partial charge >= 0.3 is 19.8 Å². The molecule has 4 atom stereocenters. The molecule has 0 radical (unpaired) electrons. The van der Waals surface area contributed by atoms with Gasteiger partial charge in [0.1, 0.15) is 19.8 Å². The summed E-state index contributed by atoms with van der Waals surface area (Å²) in [5.74, 6) is -1.05. The Morgan fingerprint density at radius 2 is 1.10 bits per heavy atom. The molecule has 0 spiro atoms. The van der Waals surface area contributed by atoms with Gasteiger partial charge in [-0.2, -0.15) is 0 Å². The van der Waals surface area contributed by atoms with Gasteiger partial charge in [0.25, 0.3) is 0 Å². The highest BCUT2D eigenvalue weighted by Gasteiger charge is 2.27. The third kappa shape index (κ3) is 42.3. The van der Waals surface area contributed by atoms with Crippen LogP contribution in [-0.2, 0) is 32.7 Å². The van der Waals surface area contributed by atoms with Crippen LogP contribution in [-0.4, -0.2) is 97.3 Å². The molecule has 0 aromatic carbocycles. The minimum atomic E-state index is -4.45. The van der Waals surface area contributed by atoms with Gasteiger partial charge < -0.3 is 29.1 Å². The summed E-state index contributed by atoms with van der Waals surface area (Å²) in [5.41, 5.74) is 0. The van der Waals surface area contributed by atoms with E-state index < -0.39 is 44.7 Å². The average molecular weight is 869 g/mol. The van der Waals surface area contributed by atoms with Crippen LogP contribution >= 0.6 is 7.82 Å². The number of likely N-dealkylation sites (N-methyl/N-ethyl adjacent to an activating group) is 1. The molecule has 0 aliphatic heterocycles. The number of allylic oxidation sites excluding steroid dienone is 7. The fraction of sp³-hybridized carbons (Fsp3) is 0.750. The second-order valence-corrected chi connectivity index (χ2v) is 18.3. The second kappa shape index (κ2) is 39.5. The SMILES string of the molecule is CCCCC/C=C\C[C@H](O)/C=C/C=C/C=C\[C@H](O)CCCC(=O)O[C@H](COC(=O)CCCCCCCCC/C=C\CCCCCCCC)COP(=O)(O)OCC[N+](C)(C)C. The van der Waals surface area contributed by atoms with Crippen molar-refractivity contribution in [3.8, 4) is 0 Å². The van der Waals surface area contributed by atoms with Gasteiger partial charge in [0.2, 0.25) is 0 Å². The molecule has 0 fully saturated rings. The molecule has 3 N–H and O–H groups in total. The predicted molar refractivity (Wildman–Crippen MR) is 245 cm³/mol. The topological polar surface area (TPSA) is 149 Å². The molecule has 0 saturated heterocycles. The normalized spacial score (nSPS) is 15.1. The van der Waals surface area contributed by atoms with Gasteiger partial charge in [0.15, 0.2) is 6.10 Å². The number of unbranched alkanes of at least 4 members (excludes halogenated alkanes) is 16. The largest absolute Gasteiger partial charge is 0.472 e. The smallest absolute Gasteiger partial charge is 0.462 e. The fourth-order valence-electron chi connectivity index (χ4n) is 5.97. The standard InChI is InChI=1S/C48H86NO10P/c1-6-8-10-12-14-15-16-17-18-19-20-21-22-23-24-26-32-38-47(52)56-42-46(43-58-60(54,55)57-41-40-49(3,4)5)59-48(53)39-33-37-45(51)36-31-28-27-30-35-44(50)34-29-25-13-11-9-7-2/h17-18,25,27-31,35-36,44-46,50-51H,6-16,19-24,26,32-34,37-43H2,1-5H3/p+1/b18-17-,28-27+,29-25-,35-30+,36-31-/t44-,45-,46+/m0/s1. The van der Waals surface area contributed by atoms with Crippen LogP contribution in [0.1, 0.15) is 168 Å². The molecule has 60 heavy (non-hydrogen) atoms. The molecule has 12 heteroatoms. The minimum absolute atomic E-state index is 0.0169. The summed E-state index contributed by atoms with van der Waals surface area (Å²) in [6.45, 7) is 4.06. The Balaban J connectivity index is 4.60. The monoisotopic (exact) mass is 869 g/mol. The number of hydrogen-bond donors (Lipinski definition) is 3. The van der Waals surface area contributed by atoms with Crippen molar-refractivity contribution in [2.75, 3.05) is 47.5 Å². The van der Waals surface area contributed by atoms with Crippen LogP contribution in [0.25, 0.3) is 0 Å². The Bertz CT molecular complexity index is 1240. The maximum absolute atomic E-state index is 12.7. The number of aliphatic hydroxyl groups is 2. The molecule has 0 bridgehead atoms. The number of phosphoric ester groups is 1. The molecule has 0 rings (SSSR count). The predicted octanol–water partition coefficient (Wildman–Crippen LogP) is 11.2. The molecule has 0 amide bonds. The number of carbonyl (C=O) groups is 2. The molecule has 11 nitrogen and oxygen atoms in total. The lowest BCUT2D eigenvalue weighted by atomic mass is 10.1. The van der Waals surface area contributed by atoms with E-state index in [1.54, 1.807) is 36.5 Å². The third-order valence-electron chi connectivity index (χ3n) is 9.71. The molecular weight excluding hydrogens is 781 g/mol. The number of rotatable bonds is 41. The molecule has 1 unspecified atom stereocenters. The van der Waals surface area contributed by atoms with Crippen LogP contribution < -0.4 is 0 Å². The van der Waals surface area contributed by atoms with Crippen molar-refractivity contribution >= 4 is 19.8 Å². The van der Waals surface area contributed by atoms with Crippen molar-refractivity contribution in [1.29, 1.82) is 0 Å². The van der Waals surface area contributed by atoms with Crippen molar-refractivity contribution in [2.45, 2.75) is 186 Å². The number of aliphatic hydroxyl groups excluding tert-OH is 2. The summed E-state index contributed by atoms with van der Waals surface area (Å²) >= 11 is 0. The van der Waals surface area contributed by atoms with Gasteiger partial charge in [-0.05, 0) is 64.2 Å². The maximum Gasteiger partial charge on any atom is 0.472 e. The van der Waals surface area contributed by atoms with E-state index in [0.29, 0.717) is 36.7 Å². The van der Waals surface area contributed by atoms with E-state index in [1.807, 2.05) is 27.2 Å². The second-order valence-electron chi connectivity index (χ2n) is 16.8. The van der Waals surface area contributed by atoms with Crippen molar-refractivity contribution < 1.29 is 52.3 Å². The number of quaternary nitrogens is 1. The summed E-state index contributed by atoms with van der Waals surface area (Å²) < 4.78 is 34.1. The van der Waals surface area contributed by atoms with E-state index in [1.165, 1.54) is 83.5 Å². The minimum Gasteiger partial charge on any atom is -0.462 e. The Morgan fingerprint density at radius 3 is 1.70 bits per heavy atom. The Kier molecular flexibility index (Phi) is 37.9. The molecule has 0 aromatic heterocycles. The Morgan fingerprint density at radius 1 is 0.600 bits per heavy atom.